The van der Waals surface area contributed by atoms with Crippen molar-refractivity contribution in [3.05, 3.63) is 303 Å². The third-order valence-electron chi connectivity index (χ3n) is 21.1. The number of fused-ring (bicyclic) bond motifs is 24. The minimum atomic E-state index is 0.812. The molecular formula is C90H50N4O4. The van der Waals surface area contributed by atoms with Crippen LogP contribution in [0.4, 0.5) is 34.1 Å². The van der Waals surface area contributed by atoms with Gasteiger partial charge in [-0.1, -0.05) is 206 Å². The third-order valence-corrected chi connectivity index (χ3v) is 21.1. The molecule has 454 valence electrons. The molecule has 0 aliphatic carbocycles. The Kier molecular flexibility index (Phi) is 10.2. The molecule has 0 amide bonds. The van der Waals surface area contributed by atoms with Crippen molar-refractivity contribution in [1.29, 1.82) is 0 Å². The maximum Gasteiger partial charge on any atom is 0.159 e. The standard InChI is InChI=1S/C90H50N4O4/c1-3-21-51(22-4-1)81-67(45-47-79-85(81)61-29-11-17-39-77(61)95-79)91(71-35-19-31-57-53-25-9-15-37-75(53)97-89(57)71)69-43-41-55-63-49-74-64(50-73(63)93-65-33-13-7-27-59(65)83(69)87(55)93)56-42-44-70(84-60-28-8-14-34-66(60)94(74)88(56)84)92(72-36-20-32-58-54-26-10-16-38-76(54)98-90(58)72)68-46-48-80-86(62-30-12-18-40-78(62)96-80)82(68)52-23-5-2-6-24-52/h1-50H. The van der Waals surface area contributed by atoms with Gasteiger partial charge in [0.05, 0.1) is 67.2 Å². The first kappa shape index (κ1) is 52.1. The highest BCUT2D eigenvalue weighted by atomic mass is 16.3. The van der Waals surface area contributed by atoms with Crippen LogP contribution in [0.3, 0.4) is 0 Å². The molecule has 8 nitrogen and oxygen atoms in total. The molecule has 0 aliphatic heterocycles. The zero-order valence-corrected chi connectivity index (χ0v) is 52.3. The molecule has 0 atom stereocenters. The van der Waals surface area contributed by atoms with E-state index < -0.39 is 0 Å². The van der Waals surface area contributed by atoms with E-state index in [1.807, 2.05) is 12.1 Å². The SMILES string of the molecule is c1ccc(-c2c(N(c3cccc4c3oc3ccccc34)c3ccc4c5cc6c(cc5n5c7ccccc7c3c45)c3ccc(N(c4ccc5oc7ccccc7c5c4-c4ccccc4)c4cccc5c4oc4ccccc45)c4c5ccccc5n6c34)ccc3oc4ccccc4c23)cc1. The van der Waals surface area contributed by atoms with Crippen LogP contribution in [0.15, 0.2) is 321 Å². The molecule has 8 aromatic heterocycles. The van der Waals surface area contributed by atoms with Crippen molar-refractivity contribution in [2.24, 2.45) is 0 Å². The summed E-state index contributed by atoms with van der Waals surface area (Å²) in [6.45, 7) is 0. The number of furan rings is 4. The summed E-state index contributed by atoms with van der Waals surface area (Å²) in [4.78, 5) is 4.94. The van der Waals surface area contributed by atoms with E-state index in [0.717, 1.165) is 199 Å². The fourth-order valence-corrected chi connectivity index (χ4v) is 17.2. The van der Waals surface area contributed by atoms with Crippen LogP contribution >= 0.6 is 0 Å². The molecule has 0 aliphatic rings. The number of hydrogen-bond donors (Lipinski definition) is 0. The quantitative estimate of drug-likeness (QED) is 0.151. The topological polar surface area (TPSA) is 67.9 Å². The van der Waals surface area contributed by atoms with Gasteiger partial charge < -0.3 is 36.3 Å². The Morgan fingerprint density at radius 1 is 0.204 bits per heavy atom. The normalized spacial score (nSPS) is 12.5. The van der Waals surface area contributed by atoms with E-state index in [2.05, 4.69) is 310 Å². The average Bonchev–Trinajstić information content (AvgIpc) is 1.06. The minimum Gasteiger partial charge on any atom is -0.456 e. The summed E-state index contributed by atoms with van der Waals surface area (Å²) < 4.78 is 32.7. The highest BCUT2D eigenvalue weighted by Crippen LogP contribution is 2.57. The number of hydrogen-bond acceptors (Lipinski definition) is 6. The van der Waals surface area contributed by atoms with Crippen LogP contribution < -0.4 is 9.80 Å². The summed E-state index contributed by atoms with van der Waals surface area (Å²) in [6, 6.07) is 109. The maximum atomic E-state index is 7.07. The van der Waals surface area contributed by atoms with Crippen molar-refractivity contribution in [1.82, 2.24) is 8.80 Å². The first-order valence-corrected chi connectivity index (χ1v) is 33.4. The Hall–Kier alpha value is -13.3. The highest BCUT2D eigenvalue weighted by molar-refractivity contribution is 6.34. The van der Waals surface area contributed by atoms with Gasteiger partial charge in [-0.25, -0.2) is 0 Å². The molecular weight excluding hydrogens is 1200 g/mol. The summed E-state index contributed by atoms with van der Waals surface area (Å²) in [5, 5.41) is 17.8. The summed E-state index contributed by atoms with van der Waals surface area (Å²) in [7, 11) is 0. The maximum absolute atomic E-state index is 7.07. The summed E-state index contributed by atoms with van der Waals surface area (Å²) >= 11 is 0. The van der Waals surface area contributed by atoms with Crippen LogP contribution in [0.25, 0.3) is 186 Å². The Balaban J connectivity index is 0.813. The zero-order valence-electron chi connectivity index (χ0n) is 52.3. The molecule has 0 N–H and O–H groups in total. The van der Waals surface area contributed by atoms with Gasteiger partial charge in [0.15, 0.2) is 11.2 Å². The number of nitrogens with zero attached hydrogens (tertiary/aromatic N) is 4. The number of para-hydroxylation sites is 8. The van der Waals surface area contributed by atoms with Crippen LogP contribution in [0, 0.1) is 0 Å². The molecule has 0 spiro atoms. The van der Waals surface area contributed by atoms with Crippen molar-refractivity contribution in [3.63, 3.8) is 0 Å². The van der Waals surface area contributed by atoms with Gasteiger partial charge in [-0.2, -0.15) is 0 Å². The Morgan fingerprint density at radius 2 is 0.561 bits per heavy atom. The van der Waals surface area contributed by atoms with Gasteiger partial charge >= 0.3 is 0 Å². The van der Waals surface area contributed by atoms with Crippen molar-refractivity contribution in [2.75, 3.05) is 9.80 Å². The summed E-state index contributed by atoms with van der Waals surface area (Å²) in [5.41, 5.74) is 23.8. The molecule has 98 heavy (non-hydrogen) atoms. The lowest BCUT2D eigenvalue weighted by Crippen LogP contribution is -2.12. The van der Waals surface area contributed by atoms with E-state index in [9.17, 15) is 0 Å². The second-order valence-electron chi connectivity index (χ2n) is 26.1. The number of aromatic nitrogens is 2. The number of benzene rings is 15. The predicted octanol–water partition coefficient (Wildman–Crippen LogP) is 25.9. The lowest BCUT2D eigenvalue weighted by molar-refractivity contribution is 0.668. The summed E-state index contributed by atoms with van der Waals surface area (Å²) in [6.07, 6.45) is 0. The molecule has 8 heteroatoms. The van der Waals surface area contributed by atoms with E-state index in [1.165, 1.54) is 21.5 Å². The van der Waals surface area contributed by atoms with Crippen LogP contribution in [0.1, 0.15) is 0 Å². The predicted molar refractivity (Wildman–Crippen MR) is 405 cm³/mol. The van der Waals surface area contributed by atoms with Crippen LogP contribution in [-0.4, -0.2) is 8.80 Å². The largest absolute Gasteiger partial charge is 0.456 e. The van der Waals surface area contributed by atoms with Gasteiger partial charge in [0.25, 0.3) is 0 Å². The summed E-state index contributed by atoms with van der Waals surface area (Å²) in [5.74, 6) is 0. The van der Waals surface area contributed by atoms with E-state index >= 15 is 0 Å². The van der Waals surface area contributed by atoms with Gasteiger partial charge in [-0.3, -0.25) is 0 Å². The minimum absolute atomic E-state index is 0.812. The fourth-order valence-electron chi connectivity index (χ4n) is 17.2. The fraction of sp³-hybridized carbons (Fsp3) is 0. The lowest BCUT2D eigenvalue weighted by atomic mass is 9.95. The van der Waals surface area contributed by atoms with Gasteiger partial charge in [-0.05, 0) is 108 Å². The highest BCUT2D eigenvalue weighted by Gasteiger charge is 2.33. The zero-order chi connectivity index (χ0) is 63.6. The molecule has 0 saturated heterocycles. The molecule has 15 aromatic carbocycles. The van der Waals surface area contributed by atoms with E-state index in [0.29, 0.717) is 0 Å². The van der Waals surface area contributed by atoms with Gasteiger partial charge in [-0.15, -0.1) is 0 Å². The average molecular weight is 1250 g/mol. The Morgan fingerprint density at radius 3 is 1.00 bits per heavy atom. The lowest BCUT2D eigenvalue weighted by Gasteiger charge is -2.29. The molecule has 23 aromatic rings. The van der Waals surface area contributed by atoms with Gasteiger partial charge in [0, 0.05) is 97.3 Å². The molecule has 0 radical (unpaired) electrons. The van der Waals surface area contributed by atoms with Crippen molar-refractivity contribution in [2.45, 2.75) is 0 Å². The van der Waals surface area contributed by atoms with Crippen molar-refractivity contribution in [3.8, 4) is 22.3 Å². The molecule has 0 fully saturated rings. The van der Waals surface area contributed by atoms with Gasteiger partial charge in [0.2, 0.25) is 0 Å². The smallest absolute Gasteiger partial charge is 0.159 e. The van der Waals surface area contributed by atoms with E-state index in [-0.39, 0.29) is 0 Å². The monoisotopic (exact) mass is 1250 g/mol. The molecule has 23 rings (SSSR count). The Bertz CT molecular complexity index is 6890. The van der Waals surface area contributed by atoms with Crippen LogP contribution in [-0.2, 0) is 0 Å². The first-order chi connectivity index (χ1) is 48.7. The number of rotatable bonds is 8. The molecule has 8 heterocycles. The van der Waals surface area contributed by atoms with Crippen LogP contribution in [0.5, 0.6) is 0 Å². The van der Waals surface area contributed by atoms with E-state index in [1.54, 1.807) is 0 Å². The van der Waals surface area contributed by atoms with Crippen molar-refractivity contribution >= 4 is 198 Å². The Labute approximate surface area is 556 Å². The third kappa shape index (κ3) is 6.81. The second-order valence-corrected chi connectivity index (χ2v) is 26.1. The first-order valence-electron chi connectivity index (χ1n) is 33.4. The van der Waals surface area contributed by atoms with E-state index in [4.69, 9.17) is 17.7 Å². The molecule has 0 saturated carbocycles. The molecule has 0 unspecified atom stereocenters. The van der Waals surface area contributed by atoms with Gasteiger partial charge in [0.1, 0.15) is 33.5 Å². The second kappa shape index (κ2) is 19.2. The molecule has 0 bridgehead atoms. The number of anilines is 6. The van der Waals surface area contributed by atoms with Crippen LogP contribution in [0.2, 0.25) is 0 Å². The van der Waals surface area contributed by atoms with Crippen molar-refractivity contribution < 1.29 is 17.7 Å².